The lowest BCUT2D eigenvalue weighted by atomic mass is 10.1. The summed E-state index contributed by atoms with van der Waals surface area (Å²) in [5.74, 6) is 0.734. The van der Waals surface area contributed by atoms with E-state index in [0.29, 0.717) is 6.61 Å². The predicted octanol–water partition coefficient (Wildman–Crippen LogP) is 2.93. The molecule has 0 bridgehead atoms. The number of nitrogens with one attached hydrogen (secondary N) is 1. The maximum atomic E-state index is 5.48. The van der Waals surface area contributed by atoms with Crippen LogP contribution in [0.4, 0.5) is 0 Å². The van der Waals surface area contributed by atoms with Gasteiger partial charge in [-0.3, -0.25) is 0 Å². The topological polar surface area (TPSA) is 34.1 Å². The molecule has 0 aliphatic carbocycles. The molecule has 0 spiro atoms. The molecule has 3 nitrogen and oxygen atoms in total. The van der Waals surface area contributed by atoms with E-state index >= 15 is 0 Å². The zero-order chi connectivity index (χ0) is 12.9. The van der Waals surface area contributed by atoms with Gasteiger partial charge in [0.1, 0.15) is 0 Å². The van der Waals surface area contributed by atoms with Crippen molar-refractivity contribution in [1.29, 1.82) is 0 Å². The average molecular weight is 236 g/mol. The summed E-state index contributed by atoms with van der Waals surface area (Å²) in [6.07, 6.45) is 0.934. The molecule has 1 aromatic rings. The van der Waals surface area contributed by atoms with Crippen molar-refractivity contribution >= 4 is 0 Å². The molecule has 1 rings (SSSR count). The van der Waals surface area contributed by atoms with Crippen LogP contribution in [0.1, 0.15) is 45.9 Å². The first-order valence-corrected chi connectivity index (χ1v) is 6.32. The molecule has 0 atom stereocenters. The van der Waals surface area contributed by atoms with E-state index in [2.05, 4.69) is 44.1 Å². The summed E-state index contributed by atoms with van der Waals surface area (Å²) in [6.45, 7) is 12.1. The van der Waals surface area contributed by atoms with Gasteiger partial charge in [0, 0.05) is 23.8 Å². The van der Waals surface area contributed by atoms with Gasteiger partial charge in [0.25, 0.3) is 0 Å². The summed E-state index contributed by atoms with van der Waals surface area (Å²) >= 11 is 0. The van der Waals surface area contributed by atoms with Crippen LogP contribution < -0.4 is 10.1 Å². The highest BCUT2D eigenvalue weighted by Gasteiger charge is 2.09. The fourth-order valence-electron chi connectivity index (χ4n) is 1.49. The molecular formula is C14H24N2O. The smallest absolute Gasteiger partial charge is 0.213 e. The van der Waals surface area contributed by atoms with Crippen LogP contribution in [0.15, 0.2) is 12.1 Å². The maximum Gasteiger partial charge on any atom is 0.213 e. The Balaban J connectivity index is 2.79. The van der Waals surface area contributed by atoms with Gasteiger partial charge in [-0.1, -0.05) is 6.92 Å². The monoisotopic (exact) mass is 236 g/mol. The summed E-state index contributed by atoms with van der Waals surface area (Å²) in [5, 5.41) is 3.48. The van der Waals surface area contributed by atoms with Crippen LogP contribution in [-0.2, 0) is 13.0 Å². The van der Waals surface area contributed by atoms with Gasteiger partial charge in [0.05, 0.1) is 6.61 Å². The van der Waals surface area contributed by atoms with Crippen molar-refractivity contribution in [1.82, 2.24) is 10.3 Å². The van der Waals surface area contributed by atoms with Crippen LogP contribution >= 0.6 is 0 Å². The van der Waals surface area contributed by atoms with E-state index in [1.54, 1.807) is 0 Å². The Morgan fingerprint density at radius 1 is 1.24 bits per heavy atom. The van der Waals surface area contributed by atoms with Crippen LogP contribution in [0.5, 0.6) is 5.88 Å². The number of hydrogen-bond donors (Lipinski definition) is 1. The van der Waals surface area contributed by atoms with Crippen LogP contribution in [0.2, 0.25) is 0 Å². The molecule has 1 heterocycles. The Morgan fingerprint density at radius 3 is 2.47 bits per heavy atom. The van der Waals surface area contributed by atoms with Crippen molar-refractivity contribution < 1.29 is 4.74 Å². The number of pyridine rings is 1. The van der Waals surface area contributed by atoms with E-state index in [1.165, 1.54) is 5.56 Å². The standard InChI is InChI=1S/C14H24N2O/c1-6-12-8-11(10-15-14(3,4)5)9-13(16-12)17-7-2/h8-9,15H,6-7,10H2,1-5H3. The summed E-state index contributed by atoms with van der Waals surface area (Å²) in [4.78, 5) is 4.44. The van der Waals surface area contributed by atoms with E-state index in [9.17, 15) is 0 Å². The molecule has 17 heavy (non-hydrogen) atoms. The summed E-state index contributed by atoms with van der Waals surface area (Å²) in [7, 11) is 0. The van der Waals surface area contributed by atoms with Crippen molar-refractivity contribution in [3.8, 4) is 5.88 Å². The van der Waals surface area contributed by atoms with E-state index in [1.807, 2.05) is 13.0 Å². The van der Waals surface area contributed by atoms with Crippen molar-refractivity contribution in [2.45, 2.75) is 53.1 Å². The second-order valence-corrected chi connectivity index (χ2v) is 5.20. The van der Waals surface area contributed by atoms with E-state index < -0.39 is 0 Å². The molecule has 0 aliphatic heterocycles. The number of aromatic nitrogens is 1. The minimum Gasteiger partial charge on any atom is -0.478 e. The highest BCUT2D eigenvalue weighted by molar-refractivity contribution is 5.25. The van der Waals surface area contributed by atoms with Gasteiger partial charge in [0.2, 0.25) is 5.88 Å². The van der Waals surface area contributed by atoms with Crippen LogP contribution in [0.3, 0.4) is 0 Å². The zero-order valence-corrected chi connectivity index (χ0v) is 11.6. The fourth-order valence-corrected chi connectivity index (χ4v) is 1.49. The Kier molecular flexibility index (Phi) is 4.94. The predicted molar refractivity (Wildman–Crippen MR) is 71.4 cm³/mol. The third-order valence-corrected chi connectivity index (χ3v) is 2.39. The first kappa shape index (κ1) is 14.0. The van der Waals surface area contributed by atoms with Crippen molar-refractivity contribution in [2.24, 2.45) is 0 Å². The minimum atomic E-state index is 0.126. The molecule has 1 aromatic heterocycles. The SMILES string of the molecule is CCOc1cc(CNC(C)(C)C)cc(CC)n1. The van der Waals surface area contributed by atoms with Gasteiger partial charge >= 0.3 is 0 Å². The molecule has 1 N–H and O–H groups in total. The summed E-state index contributed by atoms with van der Waals surface area (Å²) in [6, 6.07) is 4.16. The lowest BCUT2D eigenvalue weighted by Gasteiger charge is -2.21. The highest BCUT2D eigenvalue weighted by atomic mass is 16.5. The van der Waals surface area contributed by atoms with E-state index in [4.69, 9.17) is 4.74 Å². The first-order chi connectivity index (χ1) is 7.94. The zero-order valence-electron chi connectivity index (χ0n) is 11.6. The third-order valence-electron chi connectivity index (χ3n) is 2.39. The lowest BCUT2D eigenvalue weighted by molar-refractivity contribution is 0.325. The average Bonchev–Trinajstić information content (AvgIpc) is 2.25. The van der Waals surface area contributed by atoms with Gasteiger partial charge < -0.3 is 10.1 Å². The second-order valence-electron chi connectivity index (χ2n) is 5.20. The lowest BCUT2D eigenvalue weighted by Crippen LogP contribution is -2.35. The number of hydrogen-bond acceptors (Lipinski definition) is 3. The molecule has 0 amide bonds. The third kappa shape index (κ3) is 5.18. The first-order valence-electron chi connectivity index (χ1n) is 6.32. The molecular weight excluding hydrogens is 212 g/mol. The Hall–Kier alpha value is -1.09. The molecule has 0 unspecified atom stereocenters. The van der Waals surface area contributed by atoms with Gasteiger partial charge in [0.15, 0.2) is 0 Å². The maximum absolute atomic E-state index is 5.48. The van der Waals surface area contributed by atoms with Gasteiger partial charge in [-0.05, 0) is 45.7 Å². The molecule has 0 fully saturated rings. The van der Waals surface area contributed by atoms with Gasteiger partial charge in [-0.15, -0.1) is 0 Å². The summed E-state index contributed by atoms with van der Waals surface area (Å²) < 4.78 is 5.48. The second kappa shape index (κ2) is 6.01. The number of aryl methyl sites for hydroxylation is 1. The molecule has 0 aromatic carbocycles. The largest absolute Gasteiger partial charge is 0.478 e. The van der Waals surface area contributed by atoms with Crippen molar-refractivity contribution in [3.63, 3.8) is 0 Å². The molecule has 3 heteroatoms. The normalized spacial score (nSPS) is 11.6. The van der Waals surface area contributed by atoms with Gasteiger partial charge in [-0.2, -0.15) is 0 Å². The van der Waals surface area contributed by atoms with Crippen LogP contribution in [-0.4, -0.2) is 17.1 Å². The van der Waals surface area contributed by atoms with Crippen molar-refractivity contribution in [3.05, 3.63) is 23.4 Å². The molecule has 96 valence electrons. The molecule has 0 radical (unpaired) electrons. The molecule has 0 aliphatic rings. The number of rotatable bonds is 5. The highest BCUT2D eigenvalue weighted by Crippen LogP contribution is 2.14. The Labute approximate surface area is 105 Å². The Morgan fingerprint density at radius 2 is 1.94 bits per heavy atom. The number of ether oxygens (including phenoxy) is 1. The fraction of sp³-hybridized carbons (Fsp3) is 0.643. The van der Waals surface area contributed by atoms with Crippen LogP contribution in [0, 0.1) is 0 Å². The van der Waals surface area contributed by atoms with Crippen LogP contribution in [0.25, 0.3) is 0 Å². The summed E-state index contributed by atoms with van der Waals surface area (Å²) in [5.41, 5.74) is 2.44. The van der Waals surface area contributed by atoms with Crippen molar-refractivity contribution in [2.75, 3.05) is 6.61 Å². The minimum absolute atomic E-state index is 0.126. The van der Waals surface area contributed by atoms with E-state index in [-0.39, 0.29) is 5.54 Å². The Bertz CT molecular complexity index is 356. The quantitative estimate of drug-likeness (QED) is 0.853. The van der Waals surface area contributed by atoms with Gasteiger partial charge in [-0.25, -0.2) is 4.98 Å². The molecule has 0 saturated carbocycles. The number of nitrogens with zero attached hydrogens (tertiary/aromatic N) is 1. The molecule has 0 saturated heterocycles. The van der Waals surface area contributed by atoms with E-state index in [0.717, 1.165) is 24.5 Å².